The van der Waals surface area contributed by atoms with E-state index in [1.54, 1.807) is 19.6 Å². The second kappa shape index (κ2) is 12.6. The highest BCUT2D eigenvalue weighted by Crippen LogP contribution is 2.31. The van der Waals surface area contributed by atoms with Gasteiger partial charge in [-0.2, -0.15) is 0 Å². The number of hydrogen-bond acceptors (Lipinski definition) is 6. The van der Waals surface area contributed by atoms with E-state index >= 15 is 0 Å². The van der Waals surface area contributed by atoms with E-state index in [2.05, 4.69) is 52.1 Å². The van der Waals surface area contributed by atoms with Crippen LogP contribution < -0.4 is 16.0 Å². The summed E-state index contributed by atoms with van der Waals surface area (Å²) in [6, 6.07) is 24.2. The number of aliphatic imine (C=N–C) groups is 1. The fourth-order valence-corrected chi connectivity index (χ4v) is 5.47. The summed E-state index contributed by atoms with van der Waals surface area (Å²) in [6.45, 7) is 2.66. The molecule has 2 heterocycles. The lowest BCUT2D eigenvalue weighted by atomic mass is 9.95. The molecule has 0 radical (unpaired) electrons. The number of amides is 1. The summed E-state index contributed by atoms with van der Waals surface area (Å²) < 4.78 is 0. The van der Waals surface area contributed by atoms with Crippen molar-refractivity contribution in [1.82, 2.24) is 20.5 Å². The van der Waals surface area contributed by atoms with Gasteiger partial charge < -0.3 is 20.9 Å². The predicted molar refractivity (Wildman–Crippen MR) is 161 cm³/mol. The maximum Gasteiger partial charge on any atom is 0.266 e. The number of anilines is 1. The Labute approximate surface area is 236 Å². The number of carbonyl (C=O) groups is 1. The minimum absolute atomic E-state index is 0.0268. The third kappa shape index (κ3) is 6.39. The Balaban J connectivity index is 1.40. The summed E-state index contributed by atoms with van der Waals surface area (Å²) in [6.07, 6.45) is 7.35. The molecule has 1 saturated carbocycles. The van der Waals surface area contributed by atoms with E-state index in [-0.39, 0.29) is 29.4 Å². The van der Waals surface area contributed by atoms with E-state index in [1.807, 2.05) is 48.5 Å². The van der Waals surface area contributed by atoms with Crippen LogP contribution in [0, 0.1) is 11.3 Å². The zero-order valence-corrected chi connectivity index (χ0v) is 23.1. The van der Waals surface area contributed by atoms with Crippen molar-refractivity contribution in [2.24, 2.45) is 10.9 Å². The van der Waals surface area contributed by atoms with Gasteiger partial charge in [-0.1, -0.05) is 55.0 Å². The first-order valence-corrected chi connectivity index (χ1v) is 14.0. The Morgan fingerprint density at radius 2 is 1.82 bits per heavy atom. The number of hydrogen-bond donors (Lipinski definition) is 4. The maximum absolute atomic E-state index is 13.7. The average Bonchev–Trinajstić information content (AvgIpc) is 3.46. The topological polar surface area (TPSA) is 106 Å². The standard InChI is InChI=1S/C32H37N7O/c1-22-26-11-8-13-28(26)36-21-39(2)32(40)29(30(33)37-22)31(38-25-9-4-3-5-10-25)35-20-18-23-14-16-24(17-15-23)27-12-6-7-19-34-27/h3-7,9-10,12,14-17,19,21-22,26,28,35,38H,8,11,13,18,20H2,1-2H3,(H2,33,37)/b31-29-,36-21+/t22-,26?,28+/m0/s1. The minimum Gasteiger partial charge on any atom is -0.371 e. The fourth-order valence-electron chi connectivity index (χ4n) is 5.47. The molecule has 0 spiro atoms. The van der Waals surface area contributed by atoms with Crippen molar-refractivity contribution in [3.8, 4) is 11.3 Å². The van der Waals surface area contributed by atoms with E-state index in [9.17, 15) is 4.79 Å². The fraction of sp³-hybridized carbons (Fsp3) is 0.312. The quantitative estimate of drug-likeness (QED) is 0.325. The zero-order valence-electron chi connectivity index (χ0n) is 23.1. The Morgan fingerprint density at radius 1 is 1.05 bits per heavy atom. The molecule has 8 heteroatoms. The second-order valence-electron chi connectivity index (χ2n) is 10.5. The van der Waals surface area contributed by atoms with Crippen LogP contribution in [-0.2, 0) is 11.2 Å². The van der Waals surface area contributed by atoms with Gasteiger partial charge in [-0.15, -0.1) is 0 Å². The number of fused-ring (bicyclic) bond motifs is 1. The molecular formula is C32H37N7O. The van der Waals surface area contributed by atoms with Gasteiger partial charge in [-0.25, -0.2) is 0 Å². The summed E-state index contributed by atoms with van der Waals surface area (Å²) in [4.78, 5) is 24.4. The minimum atomic E-state index is -0.296. The highest BCUT2D eigenvalue weighted by molar-refractivity contribution is 6.22. The molecule has 1 aliphatic heterocycles. The van der Waals surface area contributed by atoms with Crippen LogP contribution in [0.25, 0.3) is 11.3 Å². The van der Waals surface area contributed by atoms with E-state index in [1.165, 1.54) is 4.90 Å². The van der Waals surface area contributed by atoms with Crippen LogP contribution in [0.2, 0.25) is 0 Å². The molecule has 206 valence electrons. The first-order valence-electron chi connectivity index (χ1n) is 14.0. The van der Waals surface area contributed by atoms with Crippen molar-refractivity contribution in [1.29, 1.82) is 5.41 Å². The van der Waals surface area contributed by atoms with Gasteiger partial charge in [0.1, 0.15) is 17.2 Å². The van der Waals surface area contributed by atoms with Crippen molar-refractivity contribution in [3.63, 3.8) is 0 Å². The summed E-state index contributed by atoms with van der Waals surface area (Å²) in [5, 5.41) is 19.2. The molecule has 1 aliphatic carbocycles. The molecular weight excluding hydrogens is 498 g/mol. The monoisotopic (exact) mass is 535 g/mol. The van der Waals surface area contributed by atoms with Gasteiger partial charge in [0.05, 0.1) is 18.1 Å². The number of amidine groups is 1. The number of nitrogens with zero attached hydrogens (tertiary/aromatic N) is 3. The molecule has 40 heavy (non-hydrogen) atoms. The van der Waals surface area contributed by atoms with Crippen LogP contribution in [0.1, 0.15) is 31.7 Å². The lowest BCUT2D eigenvalue weighted by Gasteiger charge is -2.29. The molecule has 0 saturated heterocycles. The molecule has 1 aromatic heterocycles. The van der Waals surface area contributed by atoms with Gasteiger partial charge in [0.25, 0.3) is 5.91 Å². The largest absolute Gasteiger partial charge is 0.371 e. The van der Waals surface area contributed by atoms with Gasteiger partial charge in [-0.3, -0.25) is 20.2 Å². The van der Waals surface area contributed by atoms with E-state index in [4.69, 9.17) is 10.4 Å². The van der Waals surface area contributed by atoms with E-state index in [0.717, 1.165) is 48.2 Å². The summed E-state index contributed by atoms with van der Waals surface area (Å²) in [5.41, 5.74) is 4.26. The number of para-hydroxylation sites is 1. The van der Waals surface area contributed by atoms with E-state index < -0.39 is 0 Å². The van der Waals surface area contributed by atoms with Crippen LogP contribution in [0.4, 0.5) is 5.69 Å². The molecule has 4 N–H and O–H groups in total. The zero-order chi connectivity index (χ0) is 27.9. The van der Waals surface area contributed by atoms with Crippen molar-refractivity contribution < 1.29 is 4.79 Å². The number of benzene rings is 2. The maximum atomic E-state index is 13.7. The highest BCUT2D eigenvalue weighted by Gasteiger charge is 2.34. The van der Waals surface area contributed by atoms with Crippen molar-refractivity contribution >= 4 is 23.8 Å². The predicted octanol–water partition coefficient (Wildman–Crippen LogP) is 4.83. The molecule has 3 aromatic rings. The van der Waals surface area contributed by atoms with Crippen molar-refractivity contribution in [2.45, 2.75) is 44.7 Å². The van der Waals surface area contributed by atoms with Crippen molar-refractivity contribution in [2.75, 3.05) is 18.9 Å². The number of likely N-dealkylation sites (N-methyl/N-ethyl adjacent to an activating group) is 1. The molecule has 2 aromatic carbocycles. The average molecular weight is 536 g/mol. The lowest BCUT2D eigenvalue weighted by molar-refractivity contribution is -0.121. The molecule has 0 bridgehead atoms. The summed E-state index contributed by atoms with van der Waals surface area (Å²) in [7, 11) is 1.71. The molecule has 5 rings (SSSR count). The van der Waals surface area contributed by atoms with Gasteiger partial charge in [0.2, 0.25) is 0 Å². The lowest BCUT2D eigenvalue weighted by Crippen LogP contribution is -2.46. The number of carbonyl (C=O) groups excluding carboxylic acids is 1. The Kier molecular flexibility index (Phi) is 8.54. The number of rotatable bonds is 7. The smallest absolute Gasteiger partial charge is 0.266 e. The van der Waals surface area contributed by atoms with Crippen LogP contribution in [0.5, 0.6) is 0 Å². The highest BCUT2D eigenvalue weighted by atomic mass is 16.2. The molecule has 8 nitrogen and oxygen atoms in total. The SMILES string of the molecule is C[C@@H]1NC(=N)/C(=C(\NCCc2ccc(-c3ccccn3)cc2)Nc2ccccc2)C(=O)N(C)/C=N/[C@@H]2CCCC12. The Morgan fingerprint density at radius 3 is 2.58 bits per heavy atom. The first kappa shape index (κ1) is 27.1. The van der Waals surface area contributed by atoms with Gasteiger partial charge in [0.15, 0.2) is 0 Å². The summed E-state index contributed by atoms with van der Waals surface area (Å²) >= 11 is 0. The summed E-state index contributed by atoms with van der Waals surface area (Å²) in [5.74, 6) is 0.633. The Hall–Kier alpha value is -4.46. The third-order valence-electron chi connectivity index (χ3n) is 7.68. The Bertz CT molecular complexity index is 1370. The second-order valence-corrected chi connectivity index (χ2v) is 10.5. The van der Waals surface area contributed by atoms with Gasteiger partial charge >= 0.3 is 0 Å². The van der Waals surface area contributed by atoms with Gasteiger partial charge in [-0.05, 0) is 56.0 Å². The number of nitrogens with one attached hydrogen (secondary N) is 4. The molecule has 3 atom stereocenters. The first-order chi connectivity index (χ1) is 19.5. The molecule has 1 amide bonds. The van der Waals surface area contributed by atoms with Crippen LogP contribution >= 0.6 is 0 Å². The molecule has 1 unspecified atom stereocenters. The van der Waals surface area contributed by atoms with Crippen molar-refractivity contribution in [3.05, 3.63) is 96.0 Å². The number of aromatic nitrogens is 1. The van der Waals surface area contributed by atoms with E-state index in [0.29, 0.717) is 18.3 Å². The number of pyridine rings is 1. The third-order valence-corrected chi connectivity index (χ3v) is 7.68. The molecule has 1 fully saturated rings. The molecule has 2 aliphatic rings. The van der Waals surface area contributed by atoms with Crippen LogP contribution in [0.15, 0.2) is 95.4 Å². The van der Waals surface area contributed by atoms with Gasteiger partial charge in [0, 0.05) is 43.0 Å². The normalized spacial score (nSPS) is 23.1. The van der Waals surface area contributed by atoms with Crippen LogP contribution in [-0.4, -0.2) is 53.6 Å². The van der Waals surface area contributed by atoms with Crippen LogP contribution in [0.3, 0.4) is 0 Å².